The predicted molar refractivity (Wildman–Crippen MR) is 58.4 cm³/mol. The van der Waals surface area contributed by atoms with Gasteiger partial charge in [-0.2, -0.15) is 0 Å². The Balaban J connectivity index is 3.65. The smallest absolute Gasteiger partial charge is 0.328 e. The Labute approximate surface area is 86.2 Å². The van der Waals surface area contributed by atoms with E-state index in [-0.39, 0.29) is 0 Å². The van der Waals surface area contributed by atoms with Crippen molar-refractivity contribution in [2.24, 2.45) is 0 Å². The highest BCUT2D eigenvalue weighted by Crippen LogP contribution is 2.00. The fourth-order valence-electron chi connectivity index (χ4n) is 1.21. The second kappa shape index (κ2) is 7.56. The summed E-state index contributed by atoms with van der Waals surface area (Å²) in [5.74, 6) is -0.870. The van der Waals surface area contributed by atoms with E-state index in [1.54, 1.807) is 0 Å². The summed E-state index contributed by atoms with van der Waals surface area (Å²) in [4.78, 5) is 10.3. The minimum absolute atomic E-state index is 0.465. The fraction of sp³-hybridized carbons (Fsp3) is 0.727. The summed E-state index contributed by atoms with van der Waals surface area (Å²) in [6, 6.07) is 0.465. The van der Waals surface area contributed by atoms with Gasteiger partial charge in [0.2, 0.25) is 0 Å². The molecular weight excluding hydrogens is 178 g/mol. The molecule has 3 nitrogen and oxygen atoms in total. The van der Waals surface area contributed by atoms with E-state index in [1.807, 2.05) is 6.92 Å². The van der Waals surface area contributed by atoms with Gasteiger partial charge in [0.15, 0.2) is 0 Å². The lowest BCUT2D eigenvalue weighted by Crippen LogP contribution is -2.27. The molecule has 0 aromatic carbocycles. The molecule has 1 unspecified atom stereocenters. The maximum atomic E-state index is 10.3. The quantitative estimate of drug-likeness (QED) is 0.618. The highest BCUT2D eigenvalue weighted by molar-refractivity contribution is 5.80. The topological polar surface area (TPSA) is 49.3 Å². The second-order valence-electron chi connectivity index (χ2n) is 3.75. The maximum Gasteiger partial charge on any atom is 0.328 e. The summed E-state index contributed by atoms with van der Waals surface area (Å²) >= 11 is 0. The van der Waals surface area contributed by atoms with Crippen LogP contribution < -0.4 is 5.32 Å². The Hall–Kier alpha value is -0.830. The van der Waals surface area contributed by atoms with Gasteiger partial charge in [0, 0.05) is 18.7 Å². The Morgan fingerprint density at radius 2 is 2.21 bits per heavy atom. The number of hydrogen-bond donors (Lipinski definition) is 2. The molecule has 0 radical (unpaired) electrons. The van der Waals surface area contributed by atoms with Crippen LogP contribution in [0.4, 0.5) is 0 Å². The first kappa shape index (κ1) is 13.2. The van der Waals surface area contributed by atoms with Gasteiger partial charge in [0.05, 0.1) is 0 Å². The maximum absolute atomic E-state index is 10.3. The van der Waals surface area contributed by atoms with E-state index in [4.69, 9.17) is 5.11 Å². The van der Waals surface area contributed by atoms with Crippen LogP contribution in [0.3, 0.4) is 0 Å². The zero-order valence-electron chi connectivity index (χ0n) is 9.34. The summed E-state index contributed by atoms with van der Waals surface area (Å²) in [5, 5.41) is 11.8. The van der Waals surface area contributed by atoms with E-state index in [9.17, 15) is 4.79 Å². The average molecular weight is 199 g/mol. The lowest BCUT2D eigenvalue weighted by atomic mass is 10.1. The Kier molecular flexibility index (Phi) is 7.11. The van der Waals surface area contributed by atoms with E-state index in [0.29, 0.717) is 12.6 Å². The SMILES string of the molecule is CCCCC(C)NCC(C)=CC(=O)O. The summed E-state index contributed by atoms with van der Waals surface area (Å²) < 4.78 is 0. The lowest BCUT2D eigenvalue weighted by Gasteiger charge is -2.12. The molecule has 0 saturated heterocycles. The van der Waals surface area contributed by atoms with Gasteiger partial charge >= 0.3 is 5.97 Å². The highest BCUT2D eigenvalue weighted by Gasteiger charge is 2.00. The molecule has 0 aromatic heterocycles. The van der Waals surface area contributed by atoms with Gasteiger partial charge in [-0.3, -0.25) is 0 Å². The summed E-state index contributed by atoms with van der Waals surface area (Å²) in [6.45, 7) is 6.79. The summed E-state index contributed by atoms with van der Waals surface area (Å²) in [7, 11) is 0. The van der Waals surface area contributed by atoms with Crippen LogP contribution in [-0.4, -0.2) is 23.7 Å². The molecule has 0 fully saturated rings. The van der Waals surface area contributed by atoms with E-state index < -0.39 is 5.97 Å². The van der Waals surface area contributed by atoms with Crippen molar-refractivity contribution in [3.05, 3.63) is 11.6 Å². The average Bonchev–Trinajstić information content (AvgIpc) is 2.10. The van der Waals surface area contributed by atoms with Crippen molar-refractivity contribution >= 4 is 5.97 Å². The van der Waals surface area contributed by atoms with Crippen LogP contribution in [0, 0.1) is 0 Å². The third-order valence-corrected chi connectivity index (χ3v) is 2.09. The number of aliphatic carboxylic acids is 1. The molecule has 0 aliphatic carbocycles. The number of carbonyl (C=O) groups is 1. The number of carboxylic acids is 1. The first-order valence-corrected chi connectivity index (χ1v) is 5.19. The Morgan fingerprint density at radius 3 is 2.71 bits per heavy atom. The zero-order valence-corrected chi connectivity index (χ0v) is 9.34. The van der Waals surface area contributed by atoms with Crippen LogP contribution in [0.2, 0.25) is 0 Å². The molecule has 0 spiro atoms. The van der Waals surface area contributed by atoms with E-state index in [1.165, 1.54) is 18.9 Å². The van der Waals surface area contributed by atoms with Gasteiger partial charge in [-0.15, -0.1) is 0 Å². The second-order valence-corrected chi connectivity index (χ2v) is 3.75. The summed E-state index contributed by atoms with van der Waals surface area (Å²) in [5.41, 5.74) is 0.862. The van der Waals surface area contributed by atoms with Crippen LogP contribution >= 0.6 is 0 Å². The minimum Gasteiger partial charge on any atom is -0.478 e. The molecule has 82 valence electrons. The monoisotopic (exact) mass is 199 g/mol. The fourth-order valence-corrected chi connectivity index (χ4v) is 1.21. The van der Waals surface area contributed by atoms with Crippen LogP contribution in [-0.2, 0) is 4.79 Å². The van der Waals surface area contributed by atoms with Crippen LogP contribution in [0.1, 0.15) is 40.0 Å². The molecule has 1 atom stereocenters. The first-order valence-electron chi connectivity index (χ1n) is 5.19. The number of hydrogen-bond acceptors (Lipinski definition) is 2. The molecule has 0 aromatic rings. The molecule has 3 heteroatoms. The van der Waals surface area contributed by atoms with Crippen LogP contribution in [0.5, 0.6) is 0 Å². The molecule has 0 bridgehead atoms. The molecule has 0 rings (SSSR count). The standard InChI is InChI=1S/C11H21NO2/c1-4-5-6-10(3)12-8-9(2)7-11(13)14/h7,10,12H,4-6,8H2,1-3H3,(H,13,14). The first-order chi connectivity index (χ1) is 6.56. The van der Waals surface area contributed by atoms with Crippen molar-refractivity contribution in [1.29, 1.82) is 0 Å². The molecule has 14 heavy (non-hydrogen) atoms. The predicted octanol–water partition coefficient (Wildman–Crippen LogP) is 2.19. The summed E-state index contributed by atoms with van der Waals surface area (Å²) in [6.07, 6.45) is 4.82. The van der Waals surface area contributed by atoms with Gasteiger partial charge < -0.3 is 10.4 Å². The zero-order chi connectivity index (χ0) is 11.0. The third kappa shape index (κ3) is 7.80. The van der Waals surface area contributed by atoms with Gasteiger partial charge in [-0.05, 0) is 20.3 Å². The normalized spacial score (nSPS) is 14.1. The van der Waals surface area contributed by atoms with E-state index in [2.05, 4.69) is 19.2 Å². The molecule has 0 saturated carbocycles. The van der Waals surface area contributed by atoms with Gasteiger partial charge in [-0.25, -0.2) is 4.79 Å². The number of rotatable bonds is 7. The van der Waals surface area contributed by atoms with Crippen LogP contribution in [0.25, 0.3) is 0 Å². The third-order valence-electron chi connectivity index (χ3n) is 2.09. The van der Waals surface area contributed by atoms with Gasteiger partial charge in [0.25, 0.3) is 0 Å². The van der Waals surface area contributed by atoms with E-state index in [0.717, 1.165) is 12.0 Å². The highest BCUT2D eigenvalue weighted by atomic mass is 16.4. The Bertz CT molecular complexity index is 199. The molecule has 0 amide bonds. The minimum atomic E-state index is -0.870. The van der Waals surface area contributed by atoms with E-state index >= 15 is 0 Å². The molecule has 0 aliphatic heterocycles. The molecule has 2 N–H and O–H groups in total. The van der Waals surface area contributed by atoms with Crippen molar-refractivity contribution in [3.8, 4) is 0 Å². The van der Waals surface area contributed by atoms with Gasteiger partial charge in [0.1, 0.15) is 0 Å². The molecule has 0 aliphatic rings. The van der Waals surface area contributed by atoms with Crippen LogP contribution in [0.15, 0.2) is 11.6 Å². The molecular formula is C11H21NO2. The number of unbranched alkanes of at least 4 members (excludes halogenated alkanes) is 1. The Morgan fingerprint density at radius 1 is 1.57 bits per heavy atom. The van der Waals surface area contributed by atoms with Crippen molar-refractivity contribution in [3.63, 3.8) is 0 Å². The number of carboxylic acid groups (broad SMARTS) is 1. The lowest BCUT2D eigenvalue weighted by molar-refractivity contribution is -0.131. The molecule has 0 heterocycles. The number of nitrogens with one attached hydrogen (secondary N) is 1. The largest absolute Gasteiger partial charge is 0.478 e. The van der Waals surface area contributed by atoms with Crippen molar-refractivity contribution in [2.45, 2.75) is 46.1 Å². The van der Waals surface area contributed by atoms with Crippen molar-refractivity contribution in [2.75, 3.05) is 6.54 Å². The van der Waals surface area contributed by atoms with Gasteiger partial charge in [-0.1, -0.05) is 25.3 Å². The van der Waals surface area contributed by atoms with Crippen molar-refractivity contribution in [1.82, 2.24) is 5.32 Å². The van der Waals surface area contributed by atoms with Crippen molar-refractivity contribution < 1.29 is 9.90 Å².